The first-order chi connectivity index (χ1) is 7.77. The summed E-state index contributed by atoms with van der Waals surface area (Å²) in [6.07, 6.45) is 7.85. The molecule has 1 unspecified atom stereocenters. The molecule has 2 heteroatoms. The molecule has 1 atom stereocenters. The molecule has 2 aliphatic rings. The van der Waals surface area contributed by atoms with Gasteiger partial charge in [0.1, 0.15) is 0 Å². The van der Waals surface area contributed by atoms with E-state index in [9.17, 15) is 0 Å². The van der Waals surface area contributed by atoms with Crippen LogP contribution in [0.5, 0.6) is 0 Å². The topological polar surface area (TPSA) is 15.3 Å². The number of nitrogens with zero attached hydrogens (tertiary/aromatic N) is 1. The van der Waals surface area contributed by atoms with Gasteiger partial charge in [0.25, 0.3) is 0 Å². The Morgan fingerprint density at radius 2 is 2.38 bits per heavy atom. The molecule has 0 amide bonds. The minimum Gasteiger partial charge on any atom is -0.314 e. The summed E-state index contributed by atoms with van der Waals surface area (Å²) in [5.74, 6) is 0.769. The lowest BCUT2D eigenvalue weighted by atomic mass is 10.00. The van der Waals surface area contributed by atoms with Crippen LogP contribution < -0.4 is 5.32 Å². The third-order valence-electron chi connectivity index (χ3n) is 4.02. The van der Waals surface area contributed by atoms with Gasteiger partial charge in [-0.3, -0.25) is 4.90 Å². The maximum absolute atomic E-state index is 3.52. The summed E-state index contributed by atoms with van der Waals surface area (Å²) in [5.41, 5.74) is 1.71. The summed E-state index contributed by atoms with van der Waals surface area (Å²) in [6, 6.07) is 0.746. The molecule has 0 radical (unpaired) electrons. The first-order valence-electron chi connectivity index (χ1n) is 6.90. The van der Waals surface area contributed by atoms with Crippen molar-refractivity contribution < 1.29 is 0 Å². The van der Waals surface area contributed by atoms with Gasteiger partial charge >= 0.3 is 0 Å². The second-order valence-corrected chi connectivity index (χ2v) is 5.56. The van der Waals surface area contributed by atoms with Gasteiger partial charge in [0.15, 0.2) is 0 Å². The molecule has 1 aliphatic carbocycles. The van der Waals surface area contributed by atoms with E-state index in [1.807, 2.05) is 0 Å². The molecular weight excluding hydrogens is 196 g/mol. The van der Waals surface area contributed by atoms with Gasteiger partial charge < -0.3 is 5.32 Å². The van der Waals surface area contributed by atoms with Crippen molar-refractivity contribution in [1.82, 2.24) is 10.2 Å². The summed E-state index contributed by atoms with van der Waals surface area (Å²) >= 11 is 0. The molecule has 92 valence electrons. The molecule has 0 aromatic heterocycles. The second kappa shape index (κ2) is 5.83. The molecule has 1 saturated heterocycles. The van der Waals surface area contributed by atoms with Crippen molar-refractivity contribution >= 4 is 0 Å². The molecule has 2 nitrogen and oxygen atoms in total. The molecule has 1 N–H and O–H groups in total. The monoisotopic (exact) mass is 222 g/mol. The molecule has 0 saturated carbocycles. The van der Waals surface area contributed by atoms with E-state index in [2.05, 4.69) is 30.1 Å². The average Bonchev–Trinajstić information content (AvgIpc) is 2.79. The van der Waals surface area contributed by atoms with Crippen LogP contribution in [0.4, 0.5) is 0 Å². The van der Waals surface area contributed by atoms with E-state index in [0.29, 0.717) is 0 Å². The van der Waals surface area contributed by atoms with Crippen LogP contribution in [0.1, 0.15) is 39.5 Å². The number of hydrogen-bond acceptors (Lipinski definition) is 2. The molecular formula is C14H26N2. The Balaban J connectivity index is 1.81. The van der Waals surface area contributed by atoms with E-state index < -0.39 is 0 Å². The number of hydrogen-bond donors (Lipinski definition) is 1. The van der Waals surface area contributed by atoms with Crippen LogP contribution in [0, 0.1) is 5.92 Å². The van der Waals surface area contributed by atoms with Gasteiger partial charge in [0, 0.05) is 32.2 Å². The summed E-state index contributed by atoms with van der Waals surface area (Å²) < 4.78 is 0. The number of rotatable bonds is 4. The van der Waals surface area contributed by atoms with E-state index in [-0.39, 0.29) is 0 Å². The lowest BCUT2D eigenvalue weighted by Gasteiger charge is -2.38. The molecule has 0 spiro atoms. The lowest BCUT2D eigenvalue weighted by Crippen LogP contribution is -2.53. The van der Waals surface area contributed by atoms with Crippen LogP contribution >= 0.6 is 0 Å². The zero-order valence-corrected chi connectivity index (χ0v) is 10.8. The molecule has 0 aromatic rings. The fourth-order valence-electron chi connectivity index (χ4n) is 2.95. The number of piperazine rings is 1. The van der Waals surface area contributed by atoms with Gasteiger partial charge in [-0.15, -0.1) is 0 Å². The van der Waals surface area contributed by atoms with Crippen LogP contribution in [-0.2, 0) is 0 Å². The molecule has 0 bridgehead atoms. The van der Waals surface area contributed by atoms with Gasteiger partial charge in [0.05, 0.1) is 0 Å². The Labute approximate surface area is 100 Å². The normalized spacial score (nSPS) is 27.4. The van der Waals surface area contributed by atoms with E-state index in [4.69, 9.17) is 0 Å². The summed E-state index contributed by atoms with van der Waals surface area (Å²) in [5, 5.41) is 3.52. The first kappa shape index (κ1) is 12.1. The van der Waals surface area contributed by atoms with E-state index in [1.54, 1.807) is 5.57 Å². The van der Waals surface area contributed by atoms with Crippen molar-refractivity contribution in [2.24, 2.45) is 5.92 Å². The zero-order valence-electron chi connectivity index (χ0n) is 10.8. The van der Waals surface area contributed by atoms with Gasteiger partial charge in [0.2, 0.25) is 0 Å². The van der Waals surface area contributed by atoms with Crippen LogP contribution in [0.3, 0.4) is 0 Å². The molecule has 1 fully saturated rings. The highest BCUT2D eigenvalue weighted by Gasteiger charge is 2.24. The third-order valence-corrected chi connectivity index (χ3v) is 4.02. The Morgan fingerprint density at radius 1 is 1.50 bits per heavy atom. The van der Waals surface area contributed by atoms with Crippen molar-refractivity contribution in [3.05, 3.63) is 11.6 Å². The largest absolute Gasteiger partial charge is 0.314 e. The van der Waals surface area contributed by atoms with Crippen LogP contribution in [-0.4, -0.2) is 37.1 Å². The second-order valence-electron chi connectivity index (χ2n) is 5.56. The maximum Gasteiger partial charge on any atom is 0.0244 e. The Kier molecular flexibility index (Phi) is 4.42. The maximum atomic E-state index is 3.52. The van der Waals surface area contributed by atoms with Crippen molar-refractivity contribution in [3.63, 3.8) is 0 Å². The summed E-state index contributed by atoms with van der Waals surface area (Å²) in [7, 11) is 0. The molecule has 1 heterocycles. The van der Waals surface area contributed by atoms with E-state index in [0.717, 1.165) is 12.0 Å². The van der Waals surface area contributed by atoms with Crippen molar-refractivity contribution in [1.29, 1.82) is 0 Å². The predicted octanol–water partition coefficient (Wildman–Crippen LogP) is 2.42. The zero-order chi connectivity index (χ0) is 11.4. The number of nitrogens with one attached hydrogen (secondary N) is 1. The van der Waals surface area contributed by atoms with Crippen LogP contribution in [0.25, 0.3) is 0 Å². The van der Waals surface area contributed by atoms with E-state index >= 15 is 0 Å². The summed E-state index contributed by atoms with van der Waals surface area (Å²) in [6.45, 7) is 9.55. The molecule has 2 rings (SSSR count). The van der Waals surface area contributed by atoms with Crippen molar-refractivity contribution in [3.8, 4) is 0 Å². The molecule has 1 aliphatic heterocycles. The molecule has 0 aromatic carbocycles. The lowest BCUT2D eigenvalue weighted by molar-refractivity contribution is 0.126. The van der Waals surface area contributed by atoms with Crippen LogP contribution in [0.2, 0.25) is 0 Å². The van der Waals surface area contributed by atoms with Gasteiger partial charge in [-0.05, 0) is 31.6 Å². The Hall–Kier alpha value is -0.340. The summed E-state index contributed by atoms with van der Waals surface area (Å²) in [4.78, 5) is 2.69. The standard InChI is InChI=1S/C14H26N2/c1-12(2)14-11-15-8-10-16(14)9-7-13-5-3-4-6-13/h5,12,14-15H,3-4,6-11H2,1-2H3. The fraction of sp³-hybridized carbons (Fsp3) is 0.857. The van der Waals surface area contributed by atoms with Crippen LogP contribution in [0.15, 0.2) is 11.6 Å². The Bertz CT molecular complexity index is 245. The SMILES string of the molecule is CC(C)C1CNCCN1CCC1=CCCC1. The van der Waals surface area contributed by atoms with Crippen molar-refractivity contribution in [2.45, 2.75) is 45.6 Å². The molecule has 16 heavy (non-hydrogen) atoms. The highest BCUT2D eigenvalue weighted by atomic mass is 15.2. The Morgan fingerprint density at radius 3 is 3.06 bits per heavy atom. The smallest absolute Gasteiger partial charge is 0.0244 e. The minimum atomic E-state index is 0.746. The minimum absolute atomic E-state index is 0.746. The fourth-order valence-corrected chi connectivity index (χ4v) is 2.95. The average molecular weight is 222 g/mol. The van der Waals surface area contributed by atoms with Gasteiger partial charge in [-0.2, -0.15) is 0 Å². The highest BCUT2D eigenvalue weighted by molar-refractivity contribution is 5.07. The third kappa shape index (κ3) is 3.08. The highest BCUT2D eigenvalue weighted by Crippen LogP contribution is 2.22. The van der Waals surface area contributed by atoms with Gasteiger partial charge in [-0.1, -0.05) is 25.5 Å². The van der Waals surface area contributed by atoms with Crippen molar-refractivity contribution in [2.75, 3.05) is 26.2 Å². The number of allylic oxidation sites excluding steroid dienone is 1. The first-order valence-corrected chi connectivity index (χ1v) is 6.90. The predicted molar refractivity (Wildman–Crippen MR) is 69.6 cm³/mol. The van der Waals surface area contributed by atoms with E-state index in [1.165, 1.54) is 51.9 Å². The quantitative estimate of drug-likeness (QED) is 0.735. The van der Waals surface area contributed by atoms with Gasteiger partial charge in [-0.25, -0.2) is 0 Å².